The third-order valence-electron chi connectivity index (χ3n) is 3.10. The number of benzene rings is 2. The van der Waals surface area contributed by atoms with Crippen molar-refractivity contribution in [3.63, 3.8) is 0 Å². The maximum atomic E-state index is 12.4. The summed E-state index contributed by atoms with van der Waals surface area (Å²) in [4.78, 5) is 11.1. The summed E-state index contributed by atoms with van der Waals surface area (Å²) < 4.78 is 32.1. The van der Waals surface area contributed by atoms with E-state index in [9.17, 15) is 18.3 Å². The zero-order valence-corrected chi connectivity index (χ0v) is 13.1. The fourth-order valence-electron chi connectivity index (χ4n) is 2.01. The van der Waals surface area contributed by atoms with Crippen molar-refractivity contribution < 1.29 is 17.9 Å². The Bertz CT molecular complexity index is 1060. The molecule has 3 aromatic rings. The molecule has 1 heterocycles. The molecule has 1 aromatic heterocycles. The van der Waals surface area contributed by atoms with Crippen LogP contribution in [0.3, 0.4) is 0 Å². The maximum Gasteiger partial charge on any atom is 0.336 e. The zero-order chi connectivity index (χ0) is 16.6. The van der Waals surface area contributed by atoms with Gasteiger partial charge in [-0.1, -0.05) is 11.6 Å². The third kappa shape index (κ3) is 3.15. The van der Waals surface area contributed by atoms with Crippen LogP contribution in [0.2, 0.25) is 5.02 Å². The molecule has 3 rings (SSSR count). The number of hydrogen-bond acceptors (Lipinski definition) is 5. The average Bonchev–Trinajstić information content (AvgIpc) is 2.50. The maximum absolute atomic E-state index is 12.4. The normalized spacial score (nSPS) is 11.5. The number of aromatic hydroxyl groups is 1. The largest absolute Gasteiger partial charge is 0.506 e. The van der Waals surface area contributed by atoms with Crippen molar-refractivity contribution in [1.29, 1.82) is 0 Å². The van der Waals surface area contributed by atoms with Gasteiger partial charge in [-0.3, -0.25) is 4.72 Å². The second-order valence-corrected chi connectivity index (χ2v) is 6.84. The molecule has 0 aliphatic heterocycles. The molecule has 0 unspecified atom stereocenters. The molecule has 0 spiro atoms. The Kier molecular flexibility index (Phi) is 3.75. The quantitative estimate of drug-likeness (QED) is 0.558. The number of nitrogens with one attached hydrogen (secondary N) is 1. The first kappa shape index (κ1) is 15.4. The Labute approximate surface area is 136 Å². The number of fused-ring (bicyclic) bond motifs is 1. The molecule has 8 heteroatoms. The van der Waals surface area contributed by atoms with E-state index in [1.807, 2.05) is 0 Å². The first-order valence-corrected chi connectivity index (χ1v) is 8.26. The first-order valence-electron chi connectivity index (χ1n) is 6.40. The van der Waals surface area contributed by atoms with Crippen LogP contribution in [0.15, 0.2) is 62.6 Å². The predicted octanol–water partition coefficient (Wildman–Crippen LogP) is 2.95. The Morgan fingerprint density at radius 2 is 1.83 bits per heavy atom. The van der Waals surface area contributed by atoms with Crippen LogP contribution in [0.5, 0.6) is 5.75 Å². The molecule has 6 nitrogen and oxygen atoms in total. The molecule has 0 amide bonds. The molecule has 0 atom stereocenters. The average molecular weight is 352 g/mol. The third-order valence-corrected chi connectivity index (χ3v) is 4.70. The van der Waals surface area contributed by atoms with Crippen LogP contribution < -0.4 is 10.3 Å². The summed E-state index contributed by atoms with van der Waals surface area (Å²) in [6, 6.07) is 10.8. The molecule has 0 aliphatic rings. The lowest BCUT2D eigenvalue weighted by Gasteiger charge is -2.10. The van der Waals surface area contributed by atoms with Crippen LogP contribution in [0.25, 0.3) is 11.0 Å². The van der Waals surface area contributed by atoms with Crippen LogP contribution in [0, 0.1) is 0 Å². The highest BCUT2D eigenvalue weighted by atomic mass is 35.5. The molecule has 0 saturated heterocycles. The molecule has 2 aromatic carbocycles. The van der Waals surface area contributed by atoms with Crippen LogP contribution in [-0.2, 0) is 10.0 Å². The second kappa shape index (κ2) is 5.60. The standard InChI is InChI=1S/C15H10ClNO5S/c16-10-2-4-13(18)12(8-10)17-23(20,21)11-3-5-14-9(7-11)1-6-15(19)22-14/h1-8,17-18H. The molecule has 0 saturated carbocycles. The minimum Gasteiger partial charge on any atom is -0.506 e. The van der Waals surface area contributed by atoms with E-state index < -0.39 is 15.6 Å². The number of halogens is 1. The summed E-state index contributed by atoms with van der Waals surface area (Å²) >= 11 is 5.80. The Morgan fingerprint density at radius 3 is 2.61 bits per heavy atom. The van der Waals surface area contributed by atoms with Gasteiger partial charge in [-0.05, 0) is 42.5 Å². The van der Waals surface area contributed by atoms with Gasteiger partial charge in [-0.15, -0.1) is 0 Å². The lowest BCUT2D eigenvalue weighted by Crippen LogP contribution is -2.13. The molecule has 2 N–H and O–H groups in total. The summed E-state index contributed by atoms with van der Waals surface area (Å²) in [7, 11) is -3.94. The number of rotatable bonds is 3. The molecular formula is C15H10ClNO5S. The second-order valence-electron chi connectivity index (χ2n) is 4.72. The van der Waals surface area contributed by atoms with Crippen molar-refractivity contribution in [2.24, 2.45) is 0 Å². The molecule has 0 fully saturated rings. The van der Waals surface area contributed by atoms with Gasteiger partial charge in [0, 0.05) is 16.5 Å². The molecule has 23 heavy (non-hydrogen) atoms. The van der Waals surface area contributed by atoms with Gasteiger partial charge < -0.3 is 9.52 Å². The minimum atomic E-state index is -3.94. The van der Waals surface area contributed by atoms with Gasteiger partial charge in [0.2, 0.25) is 0 Å². The summed E-state index contributed by atoms with van der Waals surface area (Å²) in [6.45, 7) is 0. The number of phenols is 1. The zero-order valence-electron chi connectivity index (χ0n) is 11.5. The highest BCUT2D eigenvalue weighted by Gasteiger charge is 2.17. The van der Waals surface area contributed by atoms with Crippen LogP contribution in [-0.4, -0.2) is 13.5 Å². The van der Waals surface area contributed by atoms with E-state index in [4.69, 9.17) is 16.0 Å². The van der Waals surface area contributed by atoms with E-state index in [0.717, 1.165) is 0 Å². The molecule has 118 valence electrons. The van der Waals surface area contributed by atoms with Crippen molar-refractivity contribution in [1.82, 2.24) is 0 Å². The number of hydrogen-bond donors (Lipinski definition) is 2. The smallest absolute Gasteiger partial charge is 0.336 e. The Morgan fingerprint density at radius 1 is 1.04 bits per heavy atom. The van der Waals surface area contributed by atoms with Crippen LogP contribution in [0.4, 0.5) is 5.69 Å². The van der Waals surface area contributed by atoms with E-state index >= 15 is 0 Å². The Balaban J connectivity index is 2.04. The summed E-state index contributed by atoms with van der Waals surface area (Å²) in [5.41, 5.74) is -0.269. The van der Waals surface area contributed by atoms with E-state index in [2.05, 4.69) is 4.72 Å². The van der Waals surface area contributed by atoms with Crippen LogP contribution in [0.1, 0.15) is 0 Å². The van der Waals surface area contributed by atoms with E-state index in [1.54, 1.807) is 0 Å². The van der Waals surface area contributed by atoms with Gasteiger partial charge in [0.05, 0.1) is 10.6 Å². The molecule has 0 bridgehead atoms. The van der Waals surface area contributed by atoms with Crippen LogP contribution >= 0.6 is 11.6 Å². The summed E-state index contributed by atoms with van der Waals surface area (Å²) in [5, 5.41) is 10.5. The van der Waals surface area contributed by atoms with Crippen molar-refractivity contribution in [3.8, 4) is 5.75 Å². The topological polar surface area (TPSA) is 96.6 Å². The molecular weight excluding hydrogens is 342 g/mol. The van der Waals surface area contributed by atoms with Gasteiger partial charge >= 0.3 is 5.63 Å². The van der Waals surface area contributed by atoms with E-state index in [1.165, 1.54) is 48.5 Å². The summed E-state index contributed by atoms with van der Waals surface area (Å²) in [5.74, 6) is -0.246. The highest BCUT2D eigenvalue weighted by Crippen LogP contribution is 2.29. The fraction of sp³-hybridized carbons (Fsp3) is 0. The monoisotopic (exact) mass is 351 g/mol. The van der Waals surface area contributed by atoms with E-state index in [0.29, 0.717) is 5.39 Å². The SMILES string of the molecule is O=c1ccc2cc(S(=O)(=O)Nc3cc(Cl)ccc3O)ccc2o1. The van der Waals surface area contributed by atoms with Crippen molar-refractivity contribution >= 4 is 38.3 Å². The van der Waals surface area contributed by atoms with Gasteiger partial charge in [-0.2, -0.15) is 0 Å². The van der Waals surface area contributed by atoms with Crippen molar-refractivity contribution in [2.75, 3.05) is 4.72 Å². The van der Waals surface area contributed by atoms with Crippen molar-refractivity contribution in [3.05, 3.63) is 64.0 Å². The molecule has 0 aliphatic carbocycles. The summed E-state index contributed by atoms with van der Waals surface area (Å²) in [6.07, 6.45) is 0. The van der Waals surface area contributed by atoms with Gasteiger partial charge in [0.1, 0.15) is 11.3 Å². The Hall–Kier alpha value is -2.51. The number of anilines is 1. The lowest BCUT2D eigenvalue weighted by molar-refractivity contribution is 0.477. The lowest BCUT2D eigenvalue weighted by atomic mass is 10.2. The minimum absolute atomic E-state index is 0.0304. The fourth-order valence-corrected chi connectivity index (χ4v) is 3.28. The van der Waals surface area contributed by atoms with Crippen molar-refractivity contribution in [2.45, 2.75) is 4.90 Å². The first-order chi connectivity index (χ1) is 10.8. The van der Waals surface area contributed by atoms with Gasteiger partial charge in [-0.25, -0.2) is 13.2 Å². The molecule has 0 radical (unpaired) electrons. The van der Waals surface area contributed by atoms with E-state index in [-0.39, 0.29) is 26.9 Å². The predicted molar refractivity (Wildman–Crippen MR) is 86.4 cm³/mol. The highest BCUT2D eigenvalue weighted by molar-refractivity contribution is 7.92. The number of sulfonamides is 1. The van der Waals surface area contributed by atoms with Gasteiger partial charge in [0.15, 0.2) is 0 Å². The number of phenolic OH excluding ortho intramolecular Hbond substituents is 1. The van der Waals surface area contributed by atoms with Gasteiger partial charge in [0.25, 0.3) is 10.0 Å².